The Hall–Kier alpha value is -1.44. The Morgan fingerprint density at radius 3 is 2.07 bits per heavy atom. The van der Waals surface area contributed by atoms with Crippen molar-refractivity contribution < 1.29 is 9.59 Å². The number of aldehydes is 2. The highest BCUT2D eigenvalue weighted by Crippen LogP contribution is 1.96. The van der Waals surface area contributed by atoms with Crippen molar-refractivity contribution in [2.45, 2.75) is 26.2 Å². The van der Waals surface area contributed by atoms with Gasteiger partial charge in [0.25, 0.3) is 0 Å². The van der Waals surface area contributed by atoms with E-state index >= 15 is 0 Å². The second-order valence-electron chi connectivity index (χ2n) is 2.81. The van der Waals surface area contributed by atoms with Crippen molar-refractivity contribution in [2.75, 3.05) is 0 Å². The SMILES string of the molecule is CCCC=O.O=CCc1ccccc1. The van der Waals surface area contributed by atoms with E-state index < -0.39 is 0 Å². The summed E-state index contributed by atoms with van der Waals surface area (Å²) in [5.74, 6) is 0. The van der Waals surface area contributed by atoms with Crippen LogP contribution in [0.1, 0.15) is 25.3 Å². The number of unbranched alkanes of at least 4 members (excludes halogenated alkanes) is 1. The summed E-state index contributed by atoms with van der Waals surface area (Å²) < 4.78 is 0. The molecule has 2 nitrogen and oxygen atoms in total. The summed E-state index contributed by atoms with van der Waals surface area (Å²) in [5, 5.41) is 0. The fraction of sp³-hybridized carbons (Fsp3) is 0.333. The van der Waals surface area contributed by atoms with Crippen molar-refractivity contribution in [2.24, 2.45) is 0 Å². The summed E-state index contributed by atoms with van der Waals surface area (Å²) in [6.07, 6.45) is 4.06. The first-order chi connectivity index (χ1) is 6.85. The summed E-state index contributed by atoms with van der Waals surface area (Å²) >= 11 is 0. The minimum atomic E-state index is 0.529. The molecule has 0 bridgehead atoms. The Morgan fingerprint density at radius 1 is 1.07 bits per heavy atom. The summed E-state index contributed by atoms with van der Waals surface area (Å²) in [4.78, 5) is 19.4. The highest BCUT2D eigenvalue weighted by Gasteiger charge is 1.84. The highest BCUT2D eigenvalue weighted by molar-refractivity contribution is 5.54. The van der Waals surface area contributed by atoms with Crippen LogP contribution in [-0.2, 0) is 16.0 Å². The third-order valence-corrected chi connectivity index (χ3v) is 1.57. The van der Waals surface area contributed by atoms with Crippen molar-refractivity contribution in [1.29, 1.82) is 0 Å². The molecule has 0 saturated heterocycles. The lowest BCUT2D eigenvalue weighted by Crippen LogP contribution is -1.82. The normalized spacial score (nSPS) is 8.36. The van der Waals surface area contributed by atoms with Gasteiger partial charge in [0.2, 0.25) is 0 Å². The van der Waals surface area contributed by atoms with Crippen LogP contribution in [0, 0.1) is 0 Å². The molecule has 2 heteroatoms. The standard InChI is InChI=1S/C8H8O.C4H8O/c9-7-6-8-4-2-1-3-5-8;1-2-3-4-5/h1-5,7H,6H2;4H,2-3H2,1H3. The van der Waals surface area contributed by atoms with Gasteiger partial charge in [-0.05, 0) is 12.0 Å². The number of carbonyl (C=O) groups is 2. The van der Waals surface area contributed by atoms with E-state index in [-0.39, 0.29) is 0 Å². The Balaban J connectivity index is 0.000000292. The smallest absolute Gasteiger partial charge is 0.124 e. The van der Waals surface area contributed by atoms with Crippen LogP contribution in [0.4, 0.5) is 0 Å². The molecule has 0 amide bonds. The van der Waals surface area contributed by atoms with E-state index in [0.29, 0.717) is 12.8 Å². The minimum Gasteiger partial charge on any atom is -0.303 e. The second kappa shape index (κ2) is 9.65. The second-order valence-corrected chi connectivity index (χ2v) is 2.81. The molecule has 1 rings (SSSR count). The van der Waals surface area contributed by atoms with Gasteiger partial charge in [-0.25, -0.2) is 0 Å². The molecule has 0 heterocycles. The van der Waals surface area contributed by atoms with Gasteiger partial charge in [-0.1, -0.05) is 37.3 Å². The topological polar surface area (TPSA) is 34.1 Å². The van der Waals surface area contributed by atoms with Crippen LogP contribution in [0.25, 0.3) is 0 Å². The molecule has 0 spiro atoms. The molecule has 1 aromatic carbocycles. The summed E-state index contributed by atoms with van der Waals surface area (Å²) in [5.41, 5.74) is 1.08. The first-order valence-electron chi connectivity index (χ1n) is 4.76. The summed E-state index contributed by atoms with van der Waals surface area (Å²) in [6.45, 7) is 1.98. The maximum Gasteiger partial charge on any atom is 0.124 e. The van der Waals surface area contributed by atoms with E-state index in [1.165, 1.54) is 0 Å². The highest BCUT2D eigenvalue weighted by atomic mass is 16.1. The Labute approximate surface area is 84.9 Å². The molecule has 0 aliphatic carbocycles. The molecule has 0 fully saturated rings. The van der Waals surface area contributed by atoms with E-state index in [1.54, 1.807) is 0 Å². The van der Waals surface area contributed by atoms with Gasteiger partial charge in [0.05, 0.1) is 0 Å². The average molecular weight is 192 g/mol. The zero-order chi connectivity index (χ0) is 10.6. The molecule has 0 saturated carbocycles. The average Bonchev–Trinajstić information content (AvgIpc) is 2.22. The molecule has 0 N–H and O–H groups in total. The largest absolute Gasteiger partial charge is 0.303 e. The first-order valence-corrected chi connectivity index (χ1v) is 4.76. The van der Waals surface area contributed by atoms with Gasteiger partial charge in [0, 0.05) is 12.8 Å². The van der Waals surface area contributed by atoms with Gasteiger partial charge in [0.1, 0.15) is 12.6 Å². The molecule has 0 aromatic heterocycles. The zero-order valence-corrected chi connectivity index (χ0v) is 8.48. The van der Waals surface area contributed by atoms with Gasteiger partial charge in [-0.3, -0.25) is 0 Å². The molecule has 0 aliphatic heterocycles. The monoisotopic (exact) mass is 192 g/mol. The van der Waals surface area contributed by atoms with Crippen molar-refractivity contribution in [1.82, 2.24) is 0 Å². The van der Waals surface area contributed by atoms with Crippen molar-refractivity contribution >= 4 is 12.6 Å². The number of carbonyl (C=O) groups excluding carboxylic acids is 2. The molecule has 1 aromatic rings. The molecule has 0 aliphatic rings. The number of hydrogen-bond donors (Lipinski definition) is 0. The van der Waals surface area contributed by atoms with Gasteiger partial charge in [-0.2, -0.15) is 0 Å². The van der Waals surface area contributed by atoms with Crippen LogP contribution in [0.2, 0.25) is 0 Å². The number of benzene rings is 1. The van der Waals surface area contributed by atoms with Crippen molar-refractivity contribution in [3.05, 3.63) is 35.9 Å². The van der Waals surface area contributed by atoms with Crippen LogP contribution < -0.4 is 0 Å². The van der Waals surface area contributed by atoms with Crippen LogP contribution >= 0.6 is 0 Å². The molecular formula is C12H16O2. The maximum absolute atomic E-state index is 9.97. The number of rotatable bonds is 4. The fourth-order valence-electron chi connectivity index (χ4n) is 0.828. The lowest BCUT2D eigenvalue weighted by Gasteiger charge is -1.89. The van der Waals surface area contributed by atoms with Crippen LogP contribution in [0.15, 0.2) is 30.3 Å². The maximum atomic E-state index is 9.97. The van der Waals surface area contributed by atoms with Crippen LogP contribution in [0.3, 0.4) is 0 Å². The van der Waals surface area contributed by atoms with Crippen LogP contribution in [0.5, 0.6) is 0 Å². The Bertz CT molecular complexity index is 242. The van der Waals surface area contributed by atoms with E-state index in [1.807, 2.05) is 37.3 Å². The van der Waals surface area contributed by atoms with Gasteiger partial charge in [0.15, 0.2) is 0 Å². The van der Waals surface area contributed by atoms with E-state index in [9.17, 15) is 9.59 Å². The lowest BCUT2D eigenvalue weighted by atomic mass is 10.2. The molecule has 76 valence electrons. The predicted molar refractivity (Wildman–Crippen MR) is 57.2 cm³/mol. The molecule has 0 atom stereocenters. The third-order valence-electron chi connectivity index (χ3n) is 1.57. The fourth-order valence-corrected chi connectivity index (χ4v) is 0.828. The van der Waals surface area contributed by atoms with E-state index in [4.69, 9.17) is 0 Å². The van der Waals surface area contributed by atoms with Crippen molar-refractivity contribution in [3.8, 4) is 0 Å². The predicted octanol–water partition coefficient (Wildman–Crippen LogP) is 2.41. The first kappa shape index (κ1) is 12.6. The molecule has 14 heavy (non-hydrogen) atoms. The summed E-state index contributed by atoms with van der Waals surface area (Å²) in [6, 6.07) is 9.68. The number of hydrogen-bond acceptors (Lipinski definition) is 2. The Kier molecular flexibility index (Phi) is 8.65. The Morgan fingerprint density at radius 2 is 1.71 bits per heavy atom. The molecular weight excluding hydrogens is 176 g/mol. The third kappa shape index (κ3) is 7.22. The summed E-state index contributed by atoms with van der Waals surface area (Å²) in [7, 11) is 0. The van der Waals surface area contributed by atoms with E-state index in [2.05, 4.69) is 0 Å². The minimum absolute atomic E-state index is 0.529. The van der Waals surface area contributed by atoms with Gasteiger partial charge >= 0.3 is 0 Å². The zero-order valence-electron chi connectivity index (χ0n) is 8.48. The van der Waals surface area contributed by atoms with Crippen LogP contribution in [-0.4, -0.2) is 12.6 Å². The molecule has 0 unspecified atom stereocenters. The van der Waals surface area contributed by atoms with Crippen molar-refractivity contribution in [3.63, 3.8) is 0 Å². The lowest BCUT2D eigenvalue weighted by molar-refractivity contribution is -0.108. The quantitative estimate of drug-likeness (QED) is 0.686. The van der Waals surface area contributed by atoms with Gasteiger partial charge in [-0.15, -0.1) is 0 Å². The van der Waals surface area contributed by atoms with Gasteiger partial charge < -0.3 is 9.59 Å². The van der Waals surface area contributed by atoms with E-state index in [0.717, 1.165) is 24.6 Å². The molecule has 0 radical (unpaired) electrons.